The van der Waals surface area contributed by atoms with Crippen LogP contribution in [-0.2, 0) is 17.6 Å². The Kier molecular flexibility index (Phi) is 5.58. The average molecular weight is 452 g/mol. The van der Waals surface area contributed by atoms with Gasteiger partial charge in [-0.1, -0.05) is 0 Å². The molecule has 0 aromatic carbocycles. The Bertz CT molecular complexity index is 964. The largest absolute Gasteiger partial charge is 0.481 e. The van der Waals surface area contributed by atoms with Gasteiger partial charge >= 0.3 is 5.97 Å². The molecule has 3 heterocycles. The van der Waals surface area contributed by atoms with Crippen LogP contribution in [0.25, 0.3) is 10.2 Å². The number of hydrogen-bond donors (Lipinski definition) is 1. The summed E-state index contributed by atoms with van der Waals surface area (Å²) in [7, 11) is 0. The van der Waals surface area contributed by atoms with Gasteiger partial charge in [-0.25, -0.2) is 18.7 Å². The predicted octanol–water partition coefficient (Wildman–Crippen LogP) is 4.30. The fraction of sp³-hybridized carbons (Fsp3) is 0.682. The summed E-state index contributed by atoms with van der Waals surface area (Å²) in [5.74, 6) is -3.06. The molecule has 6 nitrogen and oxygen atoms in total. The van der Waals surface area contributed by atoms with Gasteiger partial charge in [0.25, 0.3) is 5.92 Å². The number of rotatable bonds is 4. The number of carbonyl (C=O) groups is 1. The van der Waals surface area contributed by atoms with Crippen LogP contribution < -0.4 is 4.74 Å². The highest BCUT2D eigenvalue weighted by molar-refractivity contribution is 7.18. The molecule has 0 unspecified atom stereocenters. The van der Waals surface area contributed by atoms with E-state index in [0.717, 1.165) is 47.9 Å². The summed E-state index contributed by atoms with van der Waals surface area (Å²) in [5.41, 5.74) is 1.04. The molecule has 3 aliphatic rings. The monoisotopic (exact) mass is 451 g/mol. The first-order chi connectivity index (χ1) is 14.9. The van der Waals surface area contributed by atoms with Crippen molar-refractivity contribution in [3.05, 3.63) is 16.8 Å². The second kappa shape index (κ2) is 8.24. The second-order valence-electron chi connectivity index (χ2n) is 9.08. The van der Waals surface area contributed by atoms with Crippen molar-refractivity contribution in [2.45, 2.75) is 75.9 Å². The number of halogens is 2. The molecule has 1 aliphatic heterocycles. The van der Waals surface area contributed by atoms with E-state index >= 15 is 0 Å². The molecule has 168 valence electrons. The topological polar surface area (TPSA) is 75.5 Å². The lowest BCUT2D eigenvalue weighted by Gasteiger charge is -2.40. The van der Waals surface area contributed by atoms with Crippen molar-refractivity contribution in [3.8, 4) is 5.88 Å². The van der Waals surface area contributed by atoms with Gasteiger partial charge in [0, 0.05) is 36.9 Å². The normalized spacial score (nSPS) is 28.9. The molecule has 31 heavy (non-hydrogen) atoms. The fourth-order valence-corrected chi connectivity index (χ4v) is 6.46. The molecular weight excluding hydrogens is 424 g/mol. The number of carboxylic acids is 1. The van der Waals surface area contributed by atoms with E-state index in [1.54, 1.807) is 11.3 Å². The number of nitrogens with zero attached hydrogens (tertiary/aromatic N) is 3. The molecule has 9 heteroatoms. The van der Waals surface area contributed by atoms with Gasteiger partial charge in [0.15, 0.2) is 0 Å². The molecule has 1 saturated carbocycles. The lowest BCUT2D eigenvalue weighted by Crippen LogP contribution is -2.47. The van der Waals surface area contributed by atoms with Gasteiger partial charge in [0.2, 0.25) is 5.88 Å². The Morgan fingerprint density at radius 2 is 1.90 bits per heavy atom. The Hall–Kier alpha value is -1.87. The number of aromatic nitrogens is 2. The van der Waals surface area contributed by atoms with Gasteiger partial charge in [0.1, 0.15) is 17.3 Å². The van der Waals surface area contributed by atoms with E-state index in [-0.39, 0.29) is 24.9 Å². The van der Waals surface area contributed by atoms with E-state index in [9.17, 15) is 18.7 Å². The molecule has 0 bridgehead atoms. The van der Waals surface area contributed by atoms with Crippen LogP contribution in [0.1, 0.15) is 55.4 Å². The average Bonchev–Trinajstić information content (AvgIpc) is 3.13. The van der Waals surface area contributed by atoms with Crippen LogP contribution >= 0.6 is 11.3 Å². The van der Waals surface area contributed by atoms with Crippen LogP contribution in [0.2, 0.25) is 0 Å². The number of ether oxygens (including phenoxy) is 1. The van der Waals surface area contributed by atoms with E-state index in [0.29, 0.717) is 37.9 Å². The maximum Gasteiger partial charge on any atom is 0.306 e. The van der Waals surface area contributed by atoms with E-state index in [2.05, 4.69) is 14.9 Å². The molecular formula is C22H27F2N3O3S. The molecule has 2 aromatic rings. The zero-order valence-electron chi connectivity index (χ0n) is 17.4. The zero-order chi connectivity index (χ0) is 21.6. The van der Waals surface area contributed by atoms with Crippen molar-refractivity contribution >= 4 is 27.5 Å². The summed E-state index contributed by atoms with van der Waals surface area (Å²) >= 11 is 1.62. The number of carboxylic acid groups (broad SMARTS) is 1. The molecule has 2 fully saturated rings. The van der Waals surface area contributed by atoms with Crippen LogP contribution in [-0.4, -0.2) is 57.1 Å². The van der Waals surface area contributed by atoms with E-state index in [1.807, 2.05) is 0 Å². The van der Waals surface area contributed by atoms with E-state index in [1.165, 1.54) is 11.2 Å². The van der Waals surface area contributed by atoms with Crippen molar-refractivity contribution in [1.82, 2.24) is 14.9 Å². The lowest BCUT2D eigenvalue weighted by atomic mass is 9.87. The smallest absolute Gasteiger partial charge is 0.306 e. The van der Waals surface area contributed by atoms with Gasteiger partial charge in [-0.15, -0.1) is 11.3 Å². The molecule has 1 N–H and O–H groups in total. The predicted molar refractivity (Wildman–Crippen MR) is 113 cm³/mol. The third-order valence-corrected chi connectivity index (χ3v) is 8.32. The van der Waals surface area contributed by atoms with Crippen molar-refractivity contribution in [1.29, 1.82) is 0 Å². The van der Waals surface area contributed by atoms with Crippen LogP contribution in [0, 0.1) is 5.92 Å². The lowest BCUT2D eigenvalue weighted by molar-refractivity contribution is -0.142. The number of thiophene rings is 1. The number of piperidine rings is 1. The summed E-state index contributed by atoms with van der Waals surface area (Å²) < 4.78 is 33.2. The summed E-state index contributed by atoms with van der Waals surface area (Å²) in [5, 5.41) is 10.3. The minimum absolute atomic E-state index is 0.0370. The molecule has 1 atom stereocenters. The van der Waals surface area contributed by atoms with Crippen LogP contribution in [0.3, 0.4) is 0 Å². The van der Waals surface area contributed by atoms with Gasteiger partial charge in [-0.3, -0.25) is 9.69 Å². The summed E-state index contributed by atoms with van der Waals surface area (Å²) in [4.78, 5) is 24.6. The zero-order valence-corrected chi connectivity index (χ0v) is 18.2. The summed E-state index contributed by atoms with van der Waals surface area (Å²) in [6.45, 7) is 0.947. The maximum atomic E-state index is 13.4. The summed E-state index contributed by atoms with van der Waals surface area (Å²) in [6.07, 6.45) is 7.01. The second-order valence-corrected chi connectivity index (χ2v) is 10.2. The fourth-order valence-electron chi connectivity index (χ4n) is 5.28. The molecule has 2 aromatic heterocycles. The number of hydrogen-bond acceptors (Lipinski definition) is 6. The first kappa shape index (κ1) is 21.0. The molecule has 2 aliphatic carbocycles. The van der Waals surface area contributed by atoms with Gasteiger partial charge in [0.05, 0.1) is 11.3 Å². The van der Waals surface area contributed by atoms with Crippen LogP contribution in [0.4, 0.5) is 8.78 Å². The van der Waals surface area contributed by atoms with Crippen LogP contribution in [0.5, 0.6) is 5.88 Å². The molecule has 0 amide bonds. The van der Waals surface area contributed by atoms with Crippen molar-refractivity contribution in [2.75, 3.05) is 13.1 Å². The Balaban J connectivity index is 1.27. The van der Waals surface area contributed by atoms with Gasteiger partial charge in [-0.05, 0) is 50.5 Å². The minimum atomic E-state index is -2.51. The van der Waals surface area contributed by atoms with Gasteiger partial charge in [-0.2, -0.15) is 0 Å². The Morgan fingerprint density at radius 3 is 2.61 bits per heavy atom. The number of aryl methyl sites for hydroxylation is 1. The third kappa shape index (κ3) is 4.26. The maximum absolute atomic E-state index is 13.4. The highest BCUT2D eigenvalue weighted by atomic mass is 32.1. The first-order valence-corrected chi connectivity index (χ1v) is 12.0. The molecule has 0 radical (unpaired) electrons. The highest BCUT2D eigenvalue weighted by Crippen LogP contribution is 2.41. The van der Waals surface area contributed by atoms with Gasteiger partial charge < -0.3 is 9.84 Å². The molecule has 1 saturated heterocycles. The third-order valence-electron chi connectivity index (χ3n) is 7.12. The van der Waals surface area contributed by atoms with Crippen LogP contribution in [0.15, 0.2) is 6.33 Å². The van der Waals surface area contributed by atoms with E-state index < -0.39 is 11.9 Å². The minimum Gasteiger partial charge on any atom is -0.481 e. The Labute approximate surface area is 183 Å². The summed E-state index contributed by atoms with van der Waals surface area (Å²) in [6, 6.07) is 0.353. The van der Waals surface area contributed by atoms with E-state index in [4.69, 9.17) is 4.74 Å². The van der Waals surface area contributed by atoms with Crippen molar-refractivity contribution < 1.29 is 23.4 Å². The van der Waals surface area contributed by atoms with Crippen molar-refractivity contribution in [2.24, 2.45) is 5.92 Å². The molecule has 0 spiro atoms. The molecule has 5 rings (SSSR count). The SMILES string of the molecule is O=C(O)[C@H]1CCc2sc3ncnc(OC4CCC(N5CCC(F)(F)CC5)CC4)c3c2C1. The quantitative estimate of drug-likeness (QED) is 0.747. The highest BCUT2D eigenvalue weighted by Gasteiger charge is 2.37. The number of aliphatic carboxylic acids is 1. The number of fused-ring (bicyclic) bond motifs is 3. The first-order valence-electron chi connectivity index (χ1n) is 11.2. The Morgan fingerprint density at radius 1 is 1.16 bits per heavy atom. The number of alkyl halides is 2. The van der Waals surface area contributed by atoms with Crippen molar-refractivity contribution in [3.63, 3.8) is 0 Å². The standard InChI is InChI=1S/C22H27F2N3O3S/c23-22(24)7-9-27(10-8-22)14-2-4-15(5-3-14)30-19-18-16-11-13(21(28)29)1-6-17(16)31-20(18)26-12-25-19/h12-15H,1-11H2,(H,28,29)/t13-,14?,15?/m0/s1. The number of likely N-dealkylation sites (tertiary alicyclic amines) is 1.